The second-order valence-electron chi connectivity index (χ2n) is 3.46. The first-order valence-corrected chi connectivity index (χ1v) is 5.52. The first-order valence-electron chi connectivity index (χ1n) is 4.53. The minimum atomic E-state index is 0.487. The van der Waals surface area contributed by atoms with Crippen LogP contribution in [0.15, 0.2) is 29.3 Å². The Morgan fingerprint density at radius 3 is 2.54 bits per heavy atom. The molecule has 0 unspecified atom stereocenters. The number of rotatable bonds is 1. The van der Waals surface area contributed by atoms with Crippen LogP contribution in [-0.4, -0.2) is 16.8 Å². The maximum atomic E-state index is 4.57. The number of hydrogen-bond acceptors (Lipinski definition) is 2. The lowest BCUT2D eigenvalue weighted by atomic mass is 10.2. The lowest BCUT2D eigenvalue weighted by molar-refractivity contribution is 0.865. The fraction of sp³-hybridized carbons (Fsp3) is 0.364. The number of aryl methyl sites for hydroxylation is 1. The standard InChI is InChI=1S/C11H13NS/c1-8-3-5-10(6-4-8)11-12-9(2)7-13-11/h3-6,9H,7H2,1-2H3/t9-/m0/s1. The number of thioether (sulfide) groups is 1. The molecule has 0 saturated heterocycles. The molecule has 1 aromatic rings. The Kier molecular flexibility index (Phi) is 2.40. The van der Waals surface area contributed by atoms with E-state index in [1.54, 1.807) is 0 Å². The second-order valence-corrected chi connectivity index (χ2v) is 4.47. The molecule has 2 rings (SSSR count). The van der Waals surface area contributed by atoms with Crippen LogP contribution < -0.4 is 0 Å². The molecule has 0 aromatic heterocycles. The van der Waals surface area contributed by atoms with Gasteiger partial charge >= 0.3 is 0 Å². The highest BCUT2D eigenvalue weighted by atomic mass is 32.2. The van der Waals surface area contributed by atoms with E-state index in [4.69, 9.17) is 0 Å². The van der Waals surface area contributed by atoms with Crippen molar-refractivity contribution in [2.75, 3.05) is 5.75 Å². The van der Waals surface area contributed by atoms with Crippen molar-refractivity contribution in [3.63, 3.8) is 0 Å². The average Bonchev–Trinajstić information content (AvgIpc) is 2.53. The summed E-state index contributed by atoms with van der Waals surface area (Å²) in [5, 5.41) is 1.20. The van der Waals surface area contributed by atoms with Crippen molar-refractivity contribution in [3.05, 3.63) is 35.4 Å². The highest BCUT2D eigenvalue weighted by Crippen LogP contribution is 2.23. The van der Waals surface area contributed by atoms with Gasteiger partial charge in [0, 0.05) is 11.3 Å². The van der Waals surface area contributed by atoms with Gasteiger partial charge in [0.25, 0.3) is 0 Å². The molecule has 1 aromatic carbocycles. The van der Waals surface area contributed by atoms with Crippen molar-refractivity contribution in [1.82, 2.24) is 0 Å². The number of nitrogens with zero attached hydrogens (tertiary/aromatic N) is 1. The summed E-state index contributed by atoms with van der Waals surface area (Å²) >= 11 is 1.86. The maximum Gasteiger partial charge on any atom is 0.0981 e. The highest BCUT2D eigenvalue weighted by Gasteiger charge is 2.14. The minimum Gasteiger partial charge on any atom is -0.274 e. The van der Waals surface area contributed by atoms with Crippen LogP contribution in [0, 0.1) is 6.92 Å². The normalized spacial score (nSPS) is 21.7. The van der Waals surface area contributed by atoms with Gasteiger partial charge < -0.3 is 0 Å². The molecular formula is C11H13NS. The number of hydrogen-bond donors (Lipinski definition) is 0. The quantitative estimate of drug-likeness (QED) is 0.665. The summed E-state index contributed by atoms with van der Waals surface area (Å²) in [4.78, 5) is 4.57. The molecule has 0 bridgehead atoms. The molecular weight excluding hydrogens is 178 g/mol. The van der Waals surface area contributed by atoms with Crippen LogP contribution in [0.1, 0.15) is 18.1 Å². The Morgan fingerprint density at radius 1 is 1.31 bits per heavy atom. The van der Waals surface area contributed by atoms with Crippen LogP contribution in [0.2, 0.25) is 0 Å². The molecule has 1 atom stereocenters. The molecule has 1 heterocycles. The molecule has 1 aliphatic heterocycles. The molecule has 0 saturated carbocycles. The summed E-state index contributed by atoms with van der Waals surface area (Å²) in [6.07, 6.45) is 0. The summed E-state index contributed by atoms with van der Waals surface area (Å²) in [5.74, 6) is 1.13. The zero-order valence-corrected chi connectivity index (χ0v) is 8.77. The summed E-state index contributed by atoms with van der Waals surface area (Å²) in [6, 6.07) is 9.07. The van der Waals surface area contributed by atoms with Gasteiger partial charge in [0.15, 0.2) is 0 Å². The SMILES string of the molecule is Cc1ccc(C2=N[C@@H](C)CS2)cc1. The molecule has 0 spiro atoms. The topological polar surface area (TPSA) is 12.4 Å². The Bertz CT molecular complexity index is 326. The van der Waals surface area contributed by atoms with Crippen molar-refractivity contribution >= 4 is 16.8 Å². The Labute approximate surface area is 83.3 Å². The molecule has 0 fully saturated rings. The maximum absolute atomic E-state index is 4.57. The first kappa shape index (κ1) is 8.82. The Balaban J connectivity index is 2.26. The van der Waals surface area contributed by atoms with E-state index in [1.165, 1.54) is 16.2 Å². The summed E-state index contributed by atoms with van der Waals surface area (Å²) in [7, 11) is 0. The van der Waals surface area contributed by atoms with E-state index in [0.717, 1.165) is 5.75 Å². The Hall–Kier alpha value is -0.760. The third-order valence-corrected chi connectivity index (χ3v) is 3.36. The molecule has 0 aliphatic carbocycles. The van der Waals surface area contributed by atoms with E-state index in [0.29, 0.717) is 6.04 Å². The third kappa shape index (κ3) is 1.94. The van der Waals surface area contributed by atoms with Gasteiger partial charge in [-0.05, 0) is 13.8 Å². The van der Waals surface area contributed by atoms with Gasteiger partial charge in [-0.2, -0.15) is 0 Å². The molecule has 0 N–H and O–H groups in total. The average molecular weight is 191 g/mol. The van der Waals surface area contributed by atoms with Crippen LogP contribution >= 0.6 is 11.8 Å². The van der Waals surface area contributed by atoms with Gasteiger partial charge in [0.2, 0.25) is 0 Å². The summed E-state index contributed by atoms with van der Waals surface area (Å²) in [5.41, 5.74) is 2.57. The number of benzene rings is 1. The van der Waals surface area contributed by atoms with Gasteiger partial charge in [0.05, 0.1) is 11.1 Å². The molecule has 0 amide bonds. The highest BCUT2D eigenvalue weighted by molar-refractivity contribution is 8.14. The Morgan fingerprint density at radius 2 is 2.00 bits per heavy atom. The molecule has 1 aliphatic rings. The van der Waals surface area contributed by atoms with E-state index < -0.39 is 0 Å². The molecule has 1 nitrogen and oxygen atoms in total. The fourth-order valence-electron chi connectivity index (χ4n) is 1.33. The summed E-state index contributed by atoms with van der Waals surface area (Å²) < 4.78 is 0. The van der Waals surface area contributed by atoms with Crippen LogP contribution in [0.3, 0.4) is 0 Å². The van der Waals surface area contributed by atoms with Crippen LogP contribution in [0.4, 0.5) is 0 Å². The largest absolute Gasteiger partial charge is 0.274 e. The van der Waals surface area contributed by atoms with Gasteiger partial charge in [0.1, 0.15) is 0 Å². The zero-order chi connectivity index (χ0) is 9.26. The van der Waals surface area contributed by atoms with Crippen LogP contribution in [-0.2, 0) is 0 Å². The van der Waals surface area contributed by atoms with Gasteiger partial charge in [-0.15, -0.1) is 11.8 Å². The molecule has 0 radical (unpaired) electrons. The predicted octanol–water partition coefficient (Wildman–Crippen LogP) is 2.88. The summed E-state index contributed by atoms with van der Waals surface area (Å²) in [6.45, 7) is 4.27. The monoisotopic (exact) mass is 191 g/mol. The molecule has 13 heavy (non-hydrogen) atoms. The van der Waals surface area contributed by atoms with Gasteiger partial charge in [-0.1, -0.05) is 29.8 Å². The van der Waals surface area contributed by atoms with E-state index in [1.807, 2.05) is 11.8 Å². The fourth-order valence-corrected chi connectivity index (χ4v) is 2.36. The van der Waals surface area contributed by atoms with Crippen molar-refractivity contribution < 1.29 is 0 Å². The first-order chi connectivity index (χ1) is 6.25. The van der Waals surface area contributed by atoms with E-state index in [2.05, 4.69) is 43.1 Å². The van der Waals surface area contributed by atoms with Crippen LogP contribution in [0.25, 0.3) is 0 Å². The molecule has 2 heteroatoms. The van der Waals surface area contributed by atoms with Gasteiger partial charge in [-0.3, -0.25) is 4.99 Å². The smallest absolute Gasteiger partial charge is 0.0981 e. The van der Waals surface area contributed by atoms with E-state index in [-0.39, 0.29) is 0 Å². The van der Waals surface area contributed by atoms with E-state index in [9.17, 15) is 0 Å². The van der Waals surface area contributed by atoms with Gasteiger partial charge in [-0.25, -0.2) is 0 Å². The lowest BCUT2D eigenvalue weighted by Gasteiger charge is -1.99. The van der Waals surface area contributed by atoms with Crippen molar-refractivity contribution in [2.45, 2.75) is 19.9 Å². The predicted molar refractivity (Wildman–Crippen MR) is 59.6 cm³/mol. The van der Waals surface area contributed by atoms with Crippen molar-refractivity contribution in [3.8, 4) is 0 Å². The van der Waals surface area contributed by atoms with Crippen molar-refractivity contribution in [2.24, 2.45) is 4.99 Å². The second kappa shape index (κ2) is 3.54. The molecule has 68 valence electrons. The third-order valence-electron chi connectivity index (χ3n) is 2.10. The zero-order valence-electron chi connectivity index (χ0n) is 7.95. The minimum absolute atomic E-state index is 0.487. The lowest BCUT2D eigenvalue weighted by Crippen LogP contribution is -1.93. The van der Waals surface area contributed by atoms with Crippen LogP contribution in [0.5, 0.6) is 0 Å². The van der Waals surface area contributed by atoms with Crippen molar-refractivity contribution in [1.29, 1.82) is 0 Å². The number of aliphatic imine (C=N–C) groups is 1. The van der Waals surface area contributed by atoms with E-state index >= 15 is 0 Å².